The molecular formula is C19H35FN2O. The third-order valence-electron chi connectivity index (χ3n) is 6.55. The number of alkyl halides is 1. The Labute approximate surface area is 140 Å². The average Bonchev–Trinajstić information content (AvgIpc) is 2.57. The van der Waals surface area contributed by atoms with Crippen LogP contribution in [0.5, 0.6) is 0 Å². The highest BCUT2D eigenvalue weighted by atomic mass is 19.1. The molecule has 1 heterocycles. The van der Waals surface area contributed by atoms with Crippen molar-refractivity contribution in [2.45, 2.75) is 88.4 Å². The van der Waals surface area contributed by atoms with Gasteiger partial charge in [0.2, 0.25) is 0 Å². The minimum atomic E-state index is -0.537. The molecule has 3 N–H and O–H groups in total. The van der Waals surface area contributed by atoms with Crippen LogP contribution >= 0.6 is 0 Å². The van der Waals surface area contributed by atoms with Crippen molar-refractivity contribution in [1.29, 1.82) is 0 Å². The van der Waals surface area contributed by atoms with Gasteiger partial charge in [0.25, 0.3) is 0 Å². The number of halogens is 1. The van der Waals surface area contributed by atoms with E-state index in [9.17, 15) is 9.50 Å². The molecule has 3 aliphatic rings. The Morgan fingerprint density at radius 2 is 1.65 bits per heavy atom. The van der Waals surface area contributed by atoms with Crippen LogP contribution in [0.2, 0.25) is 0 Å². The van der Waals surface area contributed by atoms with E-state index in [4.69, 9.17) is 0 Å². The first kappa shape index (κ1) is 17.6. The van der Waals surface area contributed by atoms with Crippen molar-refractivity contribution in [2.24, 2.45) is 11.8 Å². The molecule has 2 aliphatic carbocycles. The molecule has 1 aliphatic heterocycles. The molecule has 134 valence electrons. The van der Waals surface area contributed by atoms with Crippen LogP contribution in [-0.4, -0.2) is 42.6 Å². The minimum absolute atomic E-state index is 0.458. The van der Waals surface area contributed by atoms with Gasteiger partial charge in [0.05, 0.1) is 5.60 Å². The zero-order valence-corrected chi connectivity index (χ0v) is 14.5. The van der Waals surface area contributed by atoms with Crippen molar-refractivity contribution in [2.75, 3.05) is 19.6 Å². The molecule has 0 aromatic rings. The van der Waals surface area contributed by atoms with Gasteiger partial charge in [-0.05, 0) is 69.7 Å². The fourth-order valence-corrected chi connectivity index (χ4v) is 4.93. The largest absolute Gasteiger partial charge is 0.389 e. The van der Waals surface area contributed by atoms with E-state index in [0.717, 1.165) is 70.0 Å². The lowest BCUT2D eigenvalue weighted by molar-refractivity contribution is 0.00431. The Bertz CT molecular complexity index is 343. The van der Waals surface area contributed by atoms with Gasteiger partial charge >= 0.3 is 0 Å². The smallest absolute Gasteiger partial charge is 0.100 e. The Kier molecular flexibility index (Phi) is 6.33. The quantitative estimate of drug-likeness (QED) is 0.727. The first-order valence-corrected chi connectivity index (χ1v) is 9.95. The van der Waals surface area contributed by atoms with Crippen LogP contribution in [-0.2, 0) is 0 Å². The van der Waals surface area contributed by atoms with Gasteiger partial charge in [-0.25, -0.2) is 4.39 Å². The second kappa shape index (κ2) is 8.26. The number of aliphatic hydroxyl groups is 1. The van der Waals surface area contributed by atoms with Gasteiger partial charge in [-0.3, -0.25) is 0 Å². The molecule has 1 saturated heterocycles. The van der Waals surface area contributed by atoms with Gasteiger partial charge in [0.15, 0.2) is 0 Å². The lowest BCUT2D eigenvalue weighted by Crippen LogP contribution is -2.50. The summed E-state index contributed by atoms with van der Waals surface area (Å²) < 4.78 is 13.3. The molecule has 23 heavy (non-hydrogen) atoms. The van der Waals surface area contributed by atoms with Gasteiger partial charge in [-0.2, -0.15) is 0 Å². The SMILES string of the molecule is OC1(CNCC2CCC(C3CCC(F)CC3)CN2)CCCCC1. The van der Waals surface area contributed by atoms with E-state index in [1.54, 1.807) is 0 Å². The number of hydrogen-bond acceptors (Lipinski definition) is 3. The van der Waals surface area contributed by atoms with Crippen molar-refractivity contribution in [3.8, 4) is 0 Å². The average molecular weight is 327 g/mol. The standard InChI is InChI=1S/C19H35FN2O/c20-17-7-4-15(5-8-17)16-6-9-18(22-12-16)13-21-14-19(23)10-2-1-3-11-19/h15-18,21-23H,1-14H2. The first-order valence-electron chi connectivity index (χ1n) is 9.95. The van der Waals surface area contributed by atoms with Crippen LogP contribution in [0, 0.1) is 11.8 Å². The summed E-state index contributed by atoms with van der Waals surface area (Å²) in [5.74, 6) is 1.49. The molecule has 0 aromatic heterocycles. The molecule has 3 rings (SSSR count). The van der Waals surface area contributed by atoms with Crippen molar-refractivity contribution >= 4 is 0 Å². The topological polar surface area (TPSA) is 44.3 Å². The van der Waals surface area contributed by atoms with Crippen LogP contribution in [0.3, 0.4) is 0 Å². The number of hydrogen-bond donors (Lipinski definition) is 3. The highest BCUT2D eigenvalue weighted by Crippen LogP contribution is 2.35. The molecule has 0 spiro atoms. The fourth-order valence-electron chi connectivity index (χ4n) is 4.93. The third kappa shape index (κ3) is 5.14. The predicted octanol–water partition coefficient (Wildman–Crippen LogP) is 3.17. The number of piperidine rings is 1. The van der Waals surface area contributed by atoms with Crippen LogP contribution in [0.4, 0.5) is 4.39 Å². The van der Waals surface area contributed by atoms with Crippen LogP contribution in [0.15, 0.2) is 0 Å². The van der Waals surface area contributed by atoms with Crippen LogP contribution in [0.25, 0.3) is 0 Å². The van der Waals surface area contributed by atoms with E-state index in [-0.39, 0.29) is 0 Å². The van der Waals surface area contributed by atoms with E-state index >= 15 is 0 Å². The summed E-state index contributed by atoms with van der Waals surface area (Å²) in [5, 5.41) is 17.7. The minimum Gasteiger partial charge on any atom is -0.389 e. The molecular weight excluding hydrogens is 291 g/mol. The molecule has 0 amide bonds. The Morgan fingerprint density at radius 1 is 0.957 bits per heavy atom. The normalized spacial score (nSPS) is 38.3. The number of nitrogens with one attached hydrogen (secondary N) is 2. The summed E-state index contributed by atoms with van der Waals surface area (Å²) in [6, 6.07) is 0.538. The molecule has 2 atom stereocenters. The lowest BCUT2D eigenvalue weighted by atomic mass is 9.75. The third-order valence-corrected chi connectivity index (χ3v) is 6.55. The van der Waals surface area contributed by atoms with E-state index < -0.39 is 11.8 Å². The summed E-state index contributed by atoms with van der Waals surface area (Å²) in [5.41, 5.74) is -0.458. The van der Waals surface area contributed by atoms with Crippen LogP contribution < -0.4 is 10.6 Å². The zero-order chi connectivity index (χ0) is 16.1. The van der Waals surface area contributed by atoms with Crippen LogP contribution in [0.1, 0.15) is 70.6 Å². The Hall–Kier alpha value is -0.190. The molecule has 2 saturated carbocycles. The monoisotopic (exact) mass is 326 g/mol. The van der Waals surface area contributed by atoms with E-state index in [0.29, 0.717) is 6.04 Å². The highest BCUT2D eigenvalue weighted by molar-refractivity contribution is 4.88. The summed E-state index contributed by atoms with van der Waals surface area (Å²) in [6.45, 7) is 2.81. The molecule has 0 bridgehead atoms. The van der Waals surface area contributed by atoms with Gasteiger partial charge in [-0.1, -0.05) is 19.3 Å². The molecule has 4 heteroatoms. The molecule has 3 fully saturated rings. The number of rotatable bonds is 5. The molecule has 0 aromatic carbocycles. The molecule has 2 unspecified atom stereocenters. The van der Waals surface area contributed by atoms with Crippen molar-refractivity contribution in [3.05, 3.63) is 0 Å². The van der Waals surface area contributed by atoms with Gasteiger partial charge in [-0.15, -0.1) is 0 Å². The maximum absolute atomic E-state index is 13.3. The van der Waals surface area contributed by atoms with Crippen molar-refractivity contribution < 1.29 is 9.50 Å². The van der Waals surface area contributed by atoms with E-state index in [2.05, 4.69) is 10.6 Å². The second-order valence-electron chi connectivity index (χ2n) is 8.37. The second-order valence-corrected chi connectivity index (χ2v) is 8.37. The summed E-state index contributed by atoms with van der Waals surface area (Å²) in [6.07, 6.45) is 11.2. The van der Waals surface area contributed by atoms with Gasteiger partial charge < -0.3 is 15.7 Å². The molecule has 0 radical (unpaired) electrons. The highest BCUT2D eigenvalue weighted by Gasteiger charge is 2.31. The van der Waals surface area contributed by atoms with Crippen molar-refractivity contribution in [3.63, 3.8) is 0 Å². The van der Waals surface area contributed by atoms with Gasteiger partial charge in [0, 0.05) is 19.1 Å². The van der Waals surface area contributed by atoms with E-state index in [1.165, 1.54) is 32.1 Å². The summed E-state index contributed by atoms with van der Waals surface area (Å²) in [4.78, 5) is 0. The molecule has 3 nitrogen and oxygen atoms in total. The summed E-state index contributed by atoms with van der Waals surface area (Å²) in [7, 11) is 0. The first-order chi connectivity index (χ1) is 11.1. The lowest BCUT2D eigenvalue weighted by Gasteiger charge is -2.38. The van der Waals surface area contributed by atoms with E-state index in [1.807, 2.05) is 0 Å². The Morgan fingerprint density at radius 3 is 2.30 bits per heavy atom. The fraction of sp³-hybridized carbons (Fsp3) is 1.00. The maximum Gasteiger partial charge on any atom is 0.100 e. The Balaban J connectivity index is 1.31. The van der Waals surface area contributed by atoms with Crippen molar-refractivity contribution in [1.82, 2.24) is 10.6 Å². The zero-order valence-electron chi connectivity index (χ0n) is 14.5. The van der Waals surface area contributed by atoms with Gasteiger partial charge in [0.1, 0.15) is 6.17 Å². The summed E-state index contributed by atoms with van der Waals surface area (Å²) >= 11 is 0. The predicted molar refractivity (Wildman–Crippen MR) is 92.3 cm³/mol. The maximum atomic E-state index is 13.3.